The van der Waals surface area contributed by atoms with Gasteiger partial charge in [-0.15, -0.1) is 10.2 Å². The van der Waals surface area contributed by atoms with Crippen molar-refractivity contribution in [2.24, 2.45) is 10.2 Å². The third-order valence-electron chi connectivity index (χ3n) is 3.96. The molecule has 0 saturated carbocycles. The molecule has 0 saturated heterocycles. The molecule has 1 heterocycles. The minimum Gasteiger partial charge on any atom is -0.320 e. The summed E-state index contributed by atoms with van der Waals surface area (Å²) in [6.07, 6.45) is 0. The highest BCUT2D eigenvalue weighted by atomic mass is 35.5. The lowest BCUT2D eigenvalue weighted by atomic mass is 10.1. The first-order valence-electron chi connectivity index (χ1n) is 8.28. The number of aromatic amines is 1. The van der Waals surface area contributed by atoms with Gasteiger partial charge in [0.05, 0.1) is 16.4 Å². The van der Waals surface area contributed by atoms with Gasteiger partial charge in [0, 0.05) is 16.1 Å². The first-order valence-corrected chi connectivity index (χ1v) is 9.04. The number of halogens is 2. The second-order valence-corrected chi connectivity index (χ2v) is 6.66. The van der Waals surface area contributed by atoms with E-state index >= 15 is 0 Å². The summed E-state index contributed by atoms with van der Waals surface area (Å²) in [5.41, 5.74) is 4.25. The van der Waals surface area contributed by atoms with Crippen LogP contribution < -0.4 is 0 Å². The average molecular weight is 393 g/mol. The van der Waals surface area contributed by atoms with Crippen molar-refractivity contribution in [3.8, 4) is 22.5 Å². The van der Waals surface area contributed by atoms with E-state index in [9.17, 15) is 0 Å². The van der Waals surface area contributed by atoms with Crippen LogP contribution in [0.2, 0.25) is 10.0 Å². The lowest BCUT2D eigenvalue weighted by Crippen LogP contribution is -1.82. The normalized spacial score (nSPS) is 11.2. The molecule has 27 heavy (non-hydrogen) atoms. The fraction of sp³-hybridized carbons (Fsp3) is 0. The van der Waals surface area contributed by atoms with Gasteiger partial charge in [0.25, 0.3) is 0 Å². The molecule has 132 valence electrons. The number of hydrogen-bond donors (Lipinski definition) is 1. The molecule has 4 nitrogen and oxygen atoms in total. The molecule has 0 aliphatic heterocycles. The van der Waals surface area contributed by atoms with Gasteiger partial charge in [-0.2, -0.15) is 0 Å². The van der Waals surface area contributed by atoms with Crippen LogP contribution in [0.1, 0.15) is 0 Å². The Morgan fingerprint density at radius 3 is 2.07 bits per heavy atom. The first-order chi connectivity index (χ1) is 13.2. The van der Waals surface area contributed by atoms with Crippen molar-refractivity contribution in [3.63, 3.8) is 0 Å². The maximum Gasteiger partial charge on any atom is 0.247 e. The van der Waals surface area contributed by atoms with Crippen LogP contribution in [0.3, 0.4) is 0 Å². The quantitative estimate of drug-likeness (QED) is 0.359. The van der Waals surface area contributed by atoms with Gasteiger partial charge in [-0.1, -0.05) is 83.9 Å². The van der Waals surface area contributed by atoms with E-state index in [4.69, 9.17) is 23.2 Å². The molecule has 0 bridgehead atoms. The SMILES string of the molecule is Clc1ccc(N=Nc2nc(-c3ccccc3)c(-c3ccccc3)[nH]2)c(Cl)c1. The van der Waals surface area contributed by atoms with Crippen molar-refractivity contribution >= 4 is 34.8 Å². The monoisotopic (exact) mass is 392 g/mol. The highest BCUT2D eigenvalue weighted by Gasteiger charge is 2.13. The van der Waals surface area contributed by atoms with E-state index < -0.39 is 0 Å². The Hall–Kier alpha value is -2.95. The molecule has 0 fully saturated rings. The molecule has 3 aromatic carbocycles. The highest BCUT2D eigenvalue weighted by Crippen LogP contribution is 2.33. The summed E-state index contributed by atoms with van der Waals surface area (Å²) in [5, 5.41) is 9.41. The molecule has 4 rings (SSSR count). The minimum atomic E-state index is 0.402. The molecule has 0 radical (unpaired) electrons. The number of imidazole rings is 1. The molecule has 1 N–H and O–H groups in total. The zero-order chi connectivity index (χ0) is 18.6. The van der Waals surface area contributed by atoms with Gasteiger partial charge in [-0.3, -0.25) is 0 Å². The van der Waals surface area contributed by atoms with Crippen LogP contribution in [-0.4, -0.2) is 9.97 Å². The number of nitrogens with zero attached hydrogens (tertiary/aromatic N) is 3. The van der Waals surface area contributed by atoms with Gasteiger partial charge >= 0.3 is 0 Å². The number of azo groups is 1. The van der Waals surface area contributed by atoms with Gasteiger partial charge in [0.15, 0.2) is 0 Å². The fourth-order valence-electron chi connectivity index (χ4n) is 2.69. The maximum atomic E-state index is 6.16. The second kappa shape index (κ2) is 7.74. The van der Waals surface area contributed by atoms with E-state index in [1.807, 2.05) is 60.7 Å². The summed E-state index contributed by atoms with van der Waals surface area (Å²) >= 11 is 12.1. The third-order valence-corrected chi connectivity index (χ3v) is 4.50. The molecule has 6 heteroatoms. The average Bonchev–Trinajstić information content (AvgIpc) is 3.13. The largest absolute Gasteiger partial charge is 0.320 e. The lowest BCUT2D eigenvalue weighted by Gasteiger charge is -2.02. The van der Waals surface area contributed by atoms with E-state index in [1.54, 1.807) is 18.2 Å². The van der Waals surface area contributed by atoms with Gasteiger partial charge in [0.1, 0.15) is 5.69 Å². The molecule has 0 spiro atoms. The van der Waals surface area contributed by atoms with Crippen molar-refractivity contribution in [3.05, 3.63) is 88.9 Å². The Kier molecular flexibility index (Phi) is 5.01. The van der Waals surface area contributed by atoms with Crippen LogP contribution in [0.25, 0.3) is 22.5 Å². The van der Waals surface area contributed by atoms with Crippen molar-refractivity contribution in [2.45, 2.75) is 0 Å². The van der Waals surface area contributed by atoms with Crippen LogP contribution in [0.4, 0.5) is 11.6 Å². The van der Waals surface area contributed by atoms with Gasteiger partial charge in [-0.05, 0) is 18.2 Å². The topological polar surface area (TPSA) is 53.4 Å². The van der Waals surface area contributed by atoms with Crippen molar-refractivity contribution in [2.75, 3.05) is 0 Å². The second-order valence-electron chi connectivity index (χ2n) is 5.81. The van der Waals surface area contributed by atoms with Gasteiger partial charge < -0.3 is 4.98 Å². The zero-order valence-electron chi connectivity index (χ0n) is 14.1. The summed E-state index contributed by atoms with van der Waals surface area (Å²) in [4.78, 5) is 7.89. The number of aromatic nitrogens is 2. The highest BCUT2D eigenvalue weighted by molar-refractivity contribution is 6.36. The van der Waals surface area contributed by atoms with Crippen molar-refractivity contribution < 1.29 is 0 Å². The van der Waals surface area contributed by atoms with Crippen molar-refractivity contribution in [1.29, 1.82) is 0 Å². The standard InChI is InChI=1S/C21H14Cl2N4/c22-16-11-12-18(17(23)13-16)26-27-21-24-19(14-7-3-1-4-8-14)20(25-21)15-9-5-2-6-10-15/h1-13H,(H,24,25). The smallest absolute Gasteiger partial charge is 0.247 e. The predicted octanol–water partition coefficient (Wildman–Crippen LogP) is 7.47. The molecule has 0 amide bonds. The molecule has 0 unspecified atom stereocenters. The van der Waals surface area contributed by atoms with Crippen LogP contribution >= 0.6 is 23.2 Å². The molecule has 0 aliphatic carbocycles. The summed E-state index contributed by atoms with van der Waals surface area (Å²) in [5.74, 6) is 0.402. The van der Waals surface area contributed by atoms with E-state index in [2.05, 4.69) is 20.2 Å². The van der Waals surface area contributed by atoms with E-state index in [-0.39, 0.29) is 0 Å². The predicted molar refractivity (Wildman–Crippen MR) is 110 cm³/mol. The molecule has 0 atom stereocenters. The Morgan fingerprint density at radius 2 is 1.41 bits per heavy atom. The fourth-order valence-corrected chi connectivity index (χ4v) is 3.14. The third kappa shape index (κ3) is 3.92. The summed E-state index contributed by atoms with van der Waals surface area (Å²) in [6.45, 7) is 0. The zero-order valence-corrected chi connectivity index (χ0v) is 15.6. The van der Waals surface area contributed by atoms with Crippen LogP contribution in [-0.2, 0) is 0 Å². The Balaban J connectivity index is 1.76. The number of hydrogen-bond acceptors (Lipinski definition) is 3. The number of rotatable bonds is 4. The number of benzene rings is 3. The summed E-state index contributed by atoms with van der Waals surface area (Å²) in [6, 6.07) is 25.0. The summed E-state index contributed by atoms with van der Waals surface area (Å²) < 4.78 is 0. The van der Waals surface area contributed by atoms with E-state index in [0.29, 0.717) is 21.7 Å². The molecule has 4 aromatic rings. The van der Waals surface area contributed by atoms with Crippen molar-refractivity contribution in [1.82, 2.24) is 9.97 Å². The maximum absolute atomic E-state index is 6.16. The Morgan fingerprint density at radius 1 is 0.741 bits per heavy atom. The Bertz CT molecular complexity index is 1030. The Labute approximate surface area is 166 Å². The molecular formula is C21H14Cl2N4. The van der Waals surface area contributed by atoms with Gasteiger partial charge in [-0.25, -0.2) is 4.98 Å². The van der Waals surface area contributed by atoms with Crippen LogP contribution in [0.15, 0.2) is 89.1 Å². The van der Waals surface area contributed by atoms with E-state index in [0.717, 1.165) is 22.5 Å². The lowest BCUT2D eigenvalue weighted by molar-refractivity contribution is 1.13. The number of H-pyrrole nitrogens is 1. The number of nitrogens with one attached hydrogen (secondary N) is 1. The van der Waals surface area contributed by atoms with Crippen LogP contribution in [0.5, 0.6) is 0 Å². The van der Waals surface area contributed by atoms with Crippen LogP contribution in [0, 0.1) is 0 Å². The molecular weight excluding hydrogens is 379 g/mol. The first kappa shape index (κ1) is 17.5. The molecule has 1 aromatic heterocycles. The summed E-state index contributed by atoms with van der Waals surface area (Å²) in [7, 11) is 0. The van der Waals surface area contributed by atoms with Gasteiger partial charge in [0.2, 0.25) is 5.95 Å². The molecule has 0 aliphatic rings. The van der Waals surface area contributed by atoms with E-state index in [1.165, 1.54) is 0 Å². The minimum absolute atomic E-state index is 0.402.